The van der Waals surface area contributed by atoms with Gasteiger partial charge in [0.15, 0.2) is 0 Å². The van der Waals surface area contributed by atoms with Crippen LogP contribution in [-0.4, -0.2) is 76.8 Å². The minimum atomic E-state index is -0.884. The van der Waals surface area contributed by atoms with Crippen molar-refractivity contribution in [2.24, 2.45) is 5.92 Å². The first-order valence-corrected chi connectivity index (χ1v) is 9.73. The number of rotatable bonds is 6. The predicted molar refractivity (Wildman–Crippen MR) is 109 cm³/mol. The van der Waals surface area contributed by atoms with Gasteiger partial charge in [-0.15, -0.1) is 0 Å². The molecule has 2 aromatic rings. The molecule has 27 heavy (non-hydrogen) atoms. The molecular formula is C20H29LiN4O2. The third-order valence-corrected chi connectivity index (χ3v) is 5.95. The molecule has 7 heteroatoms. The summed E-state index contributed by atoms with van der Waals surface area (Å²) in [6.45, 7) is 8.63. The number of nitrogens with one attached hydrogen (secondary N) is 1. The number of aromatic carboxylic acids is 1. The molecule has 2 N–H and O–H groups in total. The van der Waals surface area contributed by atoms with Gasteiger partial charge < -0.3 is 15.3 Å². The molecule has 6 nitrogen and oxygen atoms in total. The van der Waals surface area contributed by atoms with Crippen LogP contribution in [-0.2, 0) is 6.42 Å². The van der Waals surface area contributed by atoms with Gasteiger partial charge in [-0.1, -0.05) is 6.07 Å². The summed E-state index contributed by atoms with van der Waals surface area (Å²) >= 11 is 0. The fraction of sp³-hybridized carbons (Fsp3) is 0.600. The van der Waals surface area contributed by atoms with Crippen LogP contribution in [0.2, 0.25) is 0 Å². The third-order valence-electron chi connectivity index (χ3n) is 5.95. The van der Waals surface area contributed by atoms with Gasteiger partial charge in [0.05, 0.1) is 16.8 Å². The Balaban J connectivity index is 0.00000210. The van der Waals surface area contributed by atoms with E-state index in [2.05, 4.69) is 24.1 Å². The molecule has 1 aromatic heterocycles. The molecule has 0 spiro atoms. The average Bonchev–Trinajstić information content (AvgIpc) is 3.02. The Morgan fingerprint density at radius 3 is 2.67 bits per heavy atom. The van der Waals surface area contributed by atoms with Crippen LogP contribution in [0, 0.1) is 5.92 Å². The van der Waals surface area contributed by atoms with Gasteiger partial charge in [0.2, 0.25) is 0 Å². The first-order chi connectivity index (χ1) is 12.5. The first kappa shape index (κ1) is 20.4. The molecule has 3 aliphatic heterocycles. The number of benzene rings is 1. The second-order valence-corrected chi connectivity index (χ2v) is 7.94. The maximum atomic E-state index is 11.7. The van der Waals surface area contributed by atoms with Gasteiger partial charge in [0.25, 0.3) is 0 Å². The summed E-state index contributed by atoms with van der Waals surface area (Å²) in [6, 6.07) is 6.22. The van der Waals surface area contributed by atoms with Gasteiger partial charge >= 0.3 is 24.8 Å². The molecule has 1 unspecified atom stereocenters. The van der Waals surface area contributed by atoms with Crippen molar-refractivity contribution in [3.63, 3.8) is 0 Å². The summed E-state index contributed by atoms with van der Waals surface area (Å²) in [5, 5.41) is 18.9. The average molecular weight is 364 g/mol. The predicted octanol–water partition coefficient (Wildman–Crippen LogP) is 1.89. The molecule has 0 aliphatic carbocycles. The molecule has 3 aliphatic rings. The zero-order valence-electron chi connectivity index (χ0n) is 15.6. The molecule has 0 amide bonds. The Morgan fingerprint density at radius 2 is 2.07 bits per heavy atom. The van der Waals surface area contributed by atoms with Gasteiger partial charge in [0, 0.05) is 37.0 Å². The monoisotopic (exact) mass is 364 g/mol. The van der Waals surface area contributed by atoms with Crippen LogP contribution < -0.4 is 5.32 Å². The van der Waals surface area contributed by atoms with E-state index < -0.39 is 5.97 Å². The quantitative estimate of drug-likeness (QED) is 0.766. The molecule has 5 rings (SSSR count). The van der Waals surface area contributed by atoms with Crippen molar-refractivity contribution in [3.05, 3.63) is 29.5 Å². The van der Waals surface area contributed by atoms with Gasteiger partial charge in [-0.3, -0.25) is 4.68 Å². The molecule has 3 fully saturated rings. The fourth-order valence-corrected chi connectivity index (χ4v) is 4.59. The van der Waals surface area contributed by atoms with E-state index in [-0.39, 0.29) is 24.9 Å². The SMILES string of the molecule is CC(C)n1nc(CCNC2CN3CCC2CC3)c2c(C(=O)O)cccc21.[LiH]. The molecule has 4 heterocycles. The van der Waals surface area contributed by atoms with Crippen LogP contribution in [0.1, 0.15) is 48.8 Å². The van der Waals surface area contributed by atoms with E-state index in [0.717, 1.165) is 42.0 Å². The summed E-state index contributed by atoms with van der Waals surface area (Å²) in [7, 11) is 0. The Bertz CT molecular complexity index is 812. The topological polar surface area (TPSA) is 70.4 Å². The van der Waals surface area contributed by atoms with E-state index in [9.17, 15) is 9.90 Å². The Kier molecular flexibility index (Phi) is 6.32. The first-order valence-electron chi connectivity index (χ1n) is 9.73. The van der Waals surface area contributed by atoms with Crippen molar-refractivity contribution in [3.8, 4) is 0 Å². The van der Waals surface area contributed by atoms with Crippen molar-refractivity contribution >= 4 is 35.7 Å². The molecule has 0 radical (unpaired) electrons. The molecule has 0 saturated carbocycles. The Labute approximate surface area is 172 Å². The van der Waals surface area contributed by atoms with Crippen LogP contribution in [0.3, 0.4) is 0 Å². The van der Waals surface area contributed by atoms with Gasteiger partial charge in [-0.2, -0.15) is 5.10 Å². The summed E-state index contributed by atoms with van der Waals surface area (Å²) in [5.41, 5.74) is 2.16. The number of carboxylic acids is 1. The van der Waals surface area contributed by atoms with Crippen LogP contribution >= 0.6 is 0 Å². The van der Waals surface area contributed by atoms with Crippen molar-refractivity contribution in [2.45, 2.75) is 45.2 Å². The molecule has 1 aromatic carbocycles. The van der Waals surface area contributed by atoms with E-state index in [1.165, 1.54) is 25.9 Å². The van der Waals surface area contributed by atoms with Crippen LogP contribution in [0.15, 0.2) is 18.2 Å². The number of fused-ring (bicyclic) bond motifs is 4. The molecule has 142 valence electrons. The molecular weight excluding hydrogens is 335 g/mol. The number of piperidine rings is 3. The van der Waals surface area contributed by atoms with E-state index in [4.69, 9.17) is 5.10 Å². The second kappa shape index (κ2) is 8.36. The number of hydrogen-bond donors (Lipinski definition) is 2. The number of carbonyl (C=O) groups is 1. The van der Waals surface area contributed by atoms with E-state index in [0.29, 0.717) is 11.6 Å². The normalized spacial score (nSPS) is 24.3. The summed E-state index contributed by atoms with van der Waals surface area (Å²) in [4.78, 5) is 14.2. The van der Waals surface area contributed by atoms with E-state index in [1.807, 2.05) is 16.8 Å². The van der Waals surface area contributed by atoms with Crippen LogP contribution in [0.4, 0.5) is 0 Å². The van der Waals surface area contributed by atoms with Crippen LogP contribution in [0.25, 0.3) is 10.9 Å². The standard InChI is InChI=1S/C20H28N4O2.Li.H/c1-13(2)24-18-5-3-4-15(20(25)26)19(18)16(22-24)6-9-21-17-12-23-10-7-14(17)8-11-23;;/h3-5,13-14,17,21H,6-12H2,1-2H3,(H,25,26);;. The van der Waals surface area contributed by atoms with Gasteiger partial charge in [-0.05, 0) is 57.8 Å². The number of aromatic nitrogens is 2. The van der Waals surface area contributed by atoms with Crippen molar-refractivity contribution < 1.29 is 9.90 Å². The molecule has 2 bridgehead atoms. The summed E-state index contributed by atoms with van der Waals surface area (Å²) in [6.07, 6.45) is 3.35. The van der Waals surface area contributed by atoms with Crippen molar-refractivity contribution in [2.75, 3.05) is 26.2 Å². The third kappa shape index (κ3) is 3.95. The minimum absolute atomic E-state index is 0. The van der Waals surface area contributed by atoms with E-state index in [1.54, 1.807) is 6.07 Å². The van der Waals surface area contributed by atoms with Gasteiger partial charge in [0.1, 0.15) is 0 Å². The number of nitrogens with zero attached hydrogens (tertiary/aromatic N) is 3. The fourth-order valence-electron chi connectivity index (χ4n) is 4.59. The summed E-state index contributed by atoms with van der Waals surface area (Å²) < 4.78 is 1.95. The number of carboxylic acid groups (broad SMARTS) is 1. The van der Waals surface area contributed by atoms with E-state index >= 15 is 0 Å². The zero-order valence-corrected chi connectivity index (χ0v) is 15.6. The van der Waals surface area contributed by atoms with Gasteiger partial charge in [-0.25, -0.2) is 4.79 Å². The molecule has 3 saturated heterocycles. The Hall–Kier alpha value is -1.32. The molecule has 1 atom stereocenters. The van der Waals surface area contributed by atoms with Crippen LogP contribution in [0.5, 0.6) is 0 Å². The summed E-state index contributed by atoms with van der Waals surface area (Å²) in [5.74, 6) is -0.0925. The second-order valence-electron chi connectivity index (χ2n) is 7.94. The zero-order chi connectivity index (χ0) is 18.3. The van der Waals surface area contributed by atoms with Crippen molar-refractivity contribution in [1.29, 1.82) is 0 Å². The van der Waals surface area contributed by atoms with Crippen molar-refractivity contribution in [1.82, 2.24) is 20.0 Å². The Morgan fingerprint density at radius 1 is 1.33 bits per heavy atom. The maximum absolute atomic E-state index is 11.7. The number of hydrogen-bond acceptors (Lipinski definition) is 4.